The van der Waals surface area contributed by atoms with Gasteiger partial charge in [-0.05, 0) is 42.3 Å². The van der Waals surface area contributed by atoms with Crippen molar-refractivity contribution in [1.29, 1.82) is 0 Å². The van der Waals surface area contributed by atoms with E-state index >= 15 is 0 Å². The molecule has 4 nitrogen and oxygen atoms in total. The van der Waals surface area contributed by atoms with E-state index in [2.05, 4.69) is 0 Å². The molecule has 1 unspecified atom stereocenters. The molecular formula is C19H15NO3. The normalized spacial score (nSPS) is 22.9. The van der Waals surface area contributed by atoms with Crippen LogP contribution in [0, 0.1) is 5.92 Å². The quantitative estimate of drug-likeness (QED) is 0.810. The van der Waals surface area contributed by atoms with Crippen molar-refractivity contribution < 1.29 is 14.3 Å². The van der Waals surface area contributed by atoms with Crippen molar-refractivity contribution in [3.63, 3.8) is 0 Å². The maximum atomic E-state index is 12.9. The van der Waals surface area contributed by atoms with Gasteiger partial charge >= 0.3 is 0 Å². The SMILES string of the molecule is Nc1ccc(C2=CC=C3OC4=C(CC3C2=O)C(=O)CC=C4)cc1. The number of fused-ring (bicyclic) bond motifs is 1. The van der Waals surface area contributed by atoms with E-state index in [0.717, 1.165) is 5.56 Å². The number of allylic oxidation sites excluding steroid dienone is 7. The molecule has 2 N–H and O–H groups in total. The van der Waals surface area contributed by atoms with Crippen LogP contribution in [-0.4, -0.2) is 11.6 Å². The number of nitrogen functional groups attached to an aromatic ring is 1. The summed E-state index contributed by atoms with van der Waals surface area (Å²) in [6.07, 6.45) is 8.01. The highest BCUT2D eigenvalue weighted by Crippen LogP contribution is 2.40. The van der Waals surface area contributed by atoms with E-state index in [-0.39, 0.29) is 11.6 Å². The van der Waals surface area contributed by atoms with Crippen LogP contribution in [0.25, 0.3) is 5.57 Å². The van der Waals surface area contributed by atoms with Gasteiger partial charge in [-0.2, -0.15) is 0 Å². The van der Waals surface area contributed by atoms with Gasteiger partial charge in [0.2, 0.25) is 0 Å². The molecule has 4 heteroatoms. The maximum Gasteiger partial charge on any atom is 0.174 e. The zero-order valence-corrected chi connectivity index (χ0v) is 12.4. The molecular weight excluding hydrogens is 290 g/mol. The Labute approximate surface area is 133 Å². The zero-order chi connectivity index (χ0) is 16.0. The smallest absolute Gasteiger partial charge is 0.174 e. The first-order chi connectivity index (χ1) is 11.1. The molecule has 0 saturated carbocycles. The van der Waals surface area contributed by atoms with Gasteiger partial charge in [0.1, 0.15) is 11.5 Å². The summed E-state index contributed by atoms with van der Waals surface area (Å²) in [5, 5.41) is 0. The third-order valence-corrected chi connectivity index (χ3v) is 4.40. The minimum Gasteiger partial charge on any atom is -0.461 e. The van der Waals surface area contributed by atoms with E-state index in [0.29, 0.717) is 41.2 Å². The lowest BCUT2D eigenvalue weighted by molar-refractivity contribution is -0.118. The third-order valence-electron chi connectivity index (χ3n) is 4.40. The van der Waals surface area contributed by atoms with Gasteiger partial charge in [-0.3, -0.25) is 9.59 Å². The first-order valence-electron chi connectivity index (χ1n) is 7.56. The molecule has 114 valence electrons. The van der Waals surface area contributed by atoms with E-state index in [1.54, 1.807) is 24.3 Å². The molecule has 0 radical (unpaired) electrons. The van der Waals surface area contributed by atoms with Crippen LogP contribution in [0.4, 0.5) is 5.69 Å². The Bertz CT molecular complexity index is 838. The molecule has 3 aliphatic rings. The molecule has 0 saturated heterocycles. The van der Waals surface area contributed by atoms with Crippen LogP contribution in [0.15, 0.2) is 65.7 Å². The molecule has 0 spiro atoms. The van der Waals surface area contributed by atoms with Gasteiger partial charge in [0.05, 0.1) is 5.92 Å². The highest BCUT2D eigenvalue weighted by atomic mass is 16.5. The number of benzene rings is 1. The summed E-state index contributed by atoms with van der Waals surface area (Å²) in [4.78, 5) is 24.9. The molecule has 23 heavy (non-hydrogen) atoms. The Kier molecular flexibility index (Phi) is 3.05. The molecule has 0 bridgehead atoms. The van der Waals surface area contributed by atoms with Crippen LogP contribution in [-0.2, 0) is 14.3 Å². The Morgan fingerprint density at radius 1 is 1.09 bits per heavy atom. The van der Waals surface area contributed by atoms with E-state index in [9.17, 15) is 9.59 Å². The fourth-order valence-electron chi connectivity index (χ4n) is 3.16. The van der Waals surface area contributed by atoms with Crippen LogP contribution in [0.5, 0.6) is 0 Å². The fourth-order valence-corrected chi connectivity index (χ4v) is 3.16. The van der Waals surface area contributed by atoms with Gasteiger partial charge in [-0.1, -0.05) is 18.2 Å². The molecule has 0 aromatic heterocycles. The largest absolute Gasteiger partial charge is 0.461 e. The Morgan fingerprint density at radius 3 is 2.65 bits per heavy atom. The van der Waals surface area contributed by atoms with Gasteiger partial charge < -0.3 is 10.5 Å². The number of carbonyl (C=O) groups excluding carboxylic acids is 2. The molecule has 1 heterocycles. The second kappa shape index (κ2) is 5.09. The van der Waals surface area contributed by atoms with E-state index in [1.807, 2.05) is 24.3 Å². The zero-order valence-electron chi connectivity index (χ0n) is 12.4. The number of rotatable bonds is 1. The minimum atomic E-state index is -0.415. The first kappa shape index (κ1) is 13.8. The van der Waals surface area contributed by atoms with Crippen LogP contribution >= 0.6 is 0 Å². The number of anilines is 1. The van der Waals surface area contributed by atoms with Crippen molar-refractivity contribution in [3.8, 4) is 0 Å². The third kappa shape index (κ3) is 2.23. The van der Waals surface area contributed by atoms with Crippen molar-refractivity contribution in [1.82, 2.24) is 0 Å². The number of hydrogen-bond donors (Lipinski definition) is 1. The van der Waals surface area contributed by atoms with Crippen molar-refractivity contribution in [3.05, 3.63) is 71.2 Å². The molecule has 4 rings (SSSR count). The lowest BCUT2D eigenvalue weighted by Gasteiger charge is -2.31. The summed E-state index contributed by atoms with van der Waals surface area (Å²) >= 11 is 0. The Hall–Kier alpha value is -2.88. The van der Waals surface area contributed by atoms with Crippen LogP contribution in [0.3, 0.4) is 0 Å². The molecule has 1 aromatic carbocycles. The predicted octanol–water partition coefficient (Wildman–Crippen LogP) is 2.94. The van der Waals surface area contributed by atoms with Gasteiger partial charge in [0.25, 0.3) is 0 Å². The molecule has 1 aromatic rings. The number of carbonyl (C=O) groups is 2. The van der Waals surface area contributed by atoms with Crippen molar-refractivity contribution in [2.45, 2.75) is 12.8 Å². The van der Waals surface area contributed by atoms with Crippen molar-refractivity contribution >= 4 is 22.8 Å². The Morgan fingerprint density at radius 2 is 1.87 bits per heavy atom. The first-order valence-corrected chi connectivity index (χ1v) is 7.56. The van der Waals surface area contributed by atoms with Gasteiger partial charge in [0, 0.05) is 23.3 Å². The molecule has 0 amide bonds. The average Bonchev–Trinajstić information content (AvgIpc) is 2.56. The second-order valence-corrected chi connectivity index (χ2v) is 5.87. The van der Waals surface area contributed by atoms with Gasteiger partial charge in [-0.15, -0.1) is 0 Å². The summed E-state index contributed by atoms with van der Waals surface area (Å²) < 4.78 is 5.79. The highest BCUT2D eigenvalue weighted by molar-refractivity contribution is 6.24. The van der Waals surface area contributed by atoms with E-state index < -0.39 is 5.92 Å². The fraction of sp³-hybridized carbons (Fsp3) is 0.158. The van der Waals surface area contributed by atoms with Gasteiger partial charge in [-0.25, -0.2) is 0 Å². The average molecular weight is 305 g/mol. The second-order valence-electron chi connectivity index (χ2n) is 5.87. The minimum absolute atomic E-state index is 0.0128. The summed E-state index contributed by atoms with van der Waals surface area (Å²) in [5.41, 5.74) is 8.44. The number of nitrogens with two attached hydrogens (primary N) is 1. The summed E-state index contributed by atoms with van der Waals surface area (Å²) in [6.45, 7) is 0. The number of ether oxygens (including phenoxy) is 1. The lowest BCUT2D eigenvalue weighted by Crippen LogP contribution is -2.29. The van der Waals surface area contributed by atoms with E-state index in [4.69, 9.17) is 10.5 Å². The van der Waals surface area contributed by atoms with Crippen LogP contribution in [0.1, 0.15) is 18.4 Å². The van der Waals surface area contributed by atoms with E-state index in [1.165, 1.54) is 0 Å². The van der Waals surface area contributed by atoms with Crippen molar-refractivity contribution in [2.75, 3.05) is 5.73 Å². The molecule has 1 atom stereocenters. The van der Waals surface area contributed by atoms with Gasteiger partial charge in [0.15, 0.2) is 11.6 Å². The lowest BCUT2D eigenvalue weighted by atomic mass is 9.80. The van der Waals surface area contributed by atoms with Crippen molar-refractivity contribution in [2.24, 2.45) is 5.92 Å². The number of hydrogen-bond acceptors (Lipinski definition) is 4. The topological polar surface area (TPSA) is 69.4 Å². The molecule has 0 fully saturated rings. The maximum absolute atomic E-state index is 12.9. The number of ketones is 2. The van der Waals surface area contributed by atoms with Crippen LogP contribution in [0.2, 0.25) is 0 Å². The molecule has 1 aliphatic heterocycles. The summed E-state index contributed by atoms with van der Waals surface area (Å²) in [5.74, 6) is 0.814. The summed E-state index contributed by atoms with van der Waals surface area (Å²) in [7, 11) is 0. The molecule has 2 aliphatic carbocycles. The van der Waals surface area contributed by atoms with Crippen LogP contribution < -0.4 is 5.73 Å². The summed E-state index contributed by atoms with van der Waals surface area (Å²) in [6, 6.07) is 7.22. The Balaban J connectivity index is 1.70. The number of Topliss-reactive ketones (excluding diaryl/α,β-unsaturated/α-hetero) is 2. The highest BCUT2D eigenvalue weighted by Gasteiger charge is 2.37. The standard InChI is InChI=1S/C19H15NO3/c20-12-6-4-11(5-7-12)13-8-9-18-15(19(13)22)10-14-16(21)2-1-3-17(14)23-18/h1,3-9,15H,2,10,20H2. The monoisotopic (exact) mass is 305 g/mol. The predicted molar refractivity (Wildman–Crippen MR) is 86.9 cm³/mol.